The van der Waals surface area contributed by atoms with Crippen molar-refractivity contribution in [1.29, 1.82) is 0 Å². The van der Waals surface area contributed by atoms with Crippen LogP contribution in [0.5, 0.6) is 11.5 Å². The maximum atomic E-state index is 13.6. The van der Waals surface area contributed by atoms with Crippen molar-refractivity contribution >= 4 is 11.9 Å². The Morgan fingerprint density at radius 3 is 2.38 bits per heavy atom. The highest BCUT2D eigenvalue weighted by atomic mass is 19.1. The van der Waals surface area contributed by atoms with E-state index in [-0.39, 0.29) is 11.3 Å². The number of rotatable bonds is 8. The molecule has 0 aromatic heterocycles. The minimum atomic E-state index is -0.781. The number of amides is 1. The van der Waals surface area contributed by atoms with Gasteiger partial charge in [-0.1, -0.05) is 12.1 Å². The zero-order chi connectivity index (χ0) is 18.9. The Bertz CT molecular complexity index is 761. The Balaban J connectivity index is 1.73. The zero-order valence-corrected chi connectivity index (χ0v) is 14.6. The fourth-order valence-electron chi connectivity index (χ4n) is 2.20. The van der Waals surface area contributed by atoms with E-state index in [9.17, 15) is 14.0 Å². The summed E-state index contributed by atoms with van der Waals surface area (Å²) in [4.78, 5) is 23.6. The van der Waals surface area contributed by atoms with Gasteiger partial charge in [0.05, 0.1) is 19.8 Å². The molecule has 0 saturated heterocycles. The minimum absolute atomic E-state index is 0.00864. The van der Waals surface area contributed by atoms with Gasteiger partial charge in [-0.2, -0.15) is 0 Å². The average Bonchev–Trinajstić information content (AvgIpc) is 2.66. The molecule has 0 fully saturated rings. The largest absolute Gasteiger partial charge is 0.497 e. The second-order valence-electron chi connectivity index (χ2n) is 5.37. The molecule has 0 aliphatic carbocycles. The quantitative estimate of drug-likeness (QED) is 0.731. The summed E-state index contributed by atoms with van der Waals surface area (Å²) in [6, 6.07) is 11.2. The monoisotopic (exact) mass is 361 g/mol. The zero-order valence-electron chi connectivity index (χ0n) is 14.6. The molecule has 0 atom stereocenters. The van der Waals surface area contributed by atoms with Gasteiger partial charge in [0.25, 0.3) is 5.91 Å². The van der Waals surface area contributed by atoms with Gasteiger partial charge in [-0.15, -0.1) is 0 Å². The van der Waals surface area contributed by atoms with Gasteiger partial charge in [0.1, 0.15) is 5.75 Å². The highest BCUT2D eigenvalue weighted by Crippen LogP contribution is 2.18. The Labute approximate surface area is 150 Å². The van der Waals surface area contributed by atoms with E-state index in [1.54, 1.807) is 7.11 Å². The minimum Gasteiger partial charge on any atom is -0.497 e. The van der Waals surface area contributed by atoms with Gasteiger partial charge >= 0.3 is 5.97 Å². The molecule has 0 aliphatic rings. The van der Waals surface area contributed by atoms with Crippen LogP contribution in [0.1, 0.15) is 15.9 Å². The van der Waals surface area contributed by atoms with Crippen LogP contribution in [-0.2, 0) is 16.0 Å². The molecule has 0 saturated carbocycles. The molecule has 2 rings (SSSR count). The van der Waals surface area contributed by atoms with Crippen LogP contribution in [0.25, 0.3) is 0 Å². The molecule has 1 N–H and O–H groups in total. The summed E-state index contributed by atoms with van der Waals surface area (Å²) < 4.78 is 28.3. The normalized spacial score (nSPS) is 10.1. The number of hydrogen-bond acceptors (Lipinski definition) is 5. The summed E-state index contributed by atoms with van der Waals surface area (Å²) >= 11 is 0. The molecular weight excluding hydrogens is 341 g/mol. The molecule has 138 valence electrons. The molecule has 26 heavy (non-hydrogen) atoms. The van der Waals surface area contributed by atoms with E-state index in [0.717, 1.165) is 17.4 Å². The van der Waals surface area contributed by atoms with E-state index in [2.05, 4.69) is 5.32 Å². The standard InChI is InChI=1S/C19H20FNO5/c1-24-15-6-3-13(4-7-15)9-10-21-18(22)12-26-19(23)14-5-8-17(25-2)16(20)11-14/h3-8,11H,9-10,12H2,1-2H3,(H,21,22). The molecule has 7 heteroatoms. The lowest BCUT2D eigenvalue weighted by Crippen LogP contribution is -2.30. The van der Waals surface area contributed by atoms with Crippen LogP contribution in [0.15, 0.2) is 42.5 Å². The molecule has 2 aromatic rings. The maximum Gasteiger partial charge on any atom is 0.338 e. The van der Waals surface area contributed by atoms with Crippen LogP contribution >= 0.6 is 0 Å². The lowest BCUT2D eigenvalue weighted by Gasteiger charge is -2.08. The van der Waals surface area contributed by atoms with Gasteiger partial charge in [0.2, 0.25) is 0 Å². The van der Waals surface area contributed by atoms with Crippen molar-refractivity contribution in [3.8, 4) is 11.5 Å². The van der Waals surface area contributed by atoms with Gasteiger partial charge in [0, 0.05) is 6.54 Å². The molecule has 0 bridgehead atoms. The number of hydrogen-bond donors (Lipinski definition) is 1. The first-order valence-electron chi connectivity index (χ1n) is 7.93. The fraction of sp³-hybridized carbons (Fsp3) is 0.263. The number of carbonyl (C=O) groups is 2. The van der Waals surface area contributed by atoms with Gasteiger partial charge in [0.15, 0.2) is 18.2 Å². The van der Waals surface area contributed by atoms with E-state index >= 15 is 0 Å². The predicted molar refractivity (Wildman–Crippen MR) is 92.9 cm³/mol. The highest BCUT2D eigenvalue weighted by molar-refractivity contribution is 5.91. The van der Waals surface area contributed by atoms with Crippen molar-refractivity contribution < 1.29 is 28.2 Å². The third kappa shape index (κ3) is 5.47. The average molecular weight is 361 g/mol. The summed E-state index contributed by atoms with van der Waals surface area (Å²) in [6.07, 6.45) is 0.632. The summed E-state index contributed by atoms with van der Waals surface area (Å²) in [5.74, 6) is -1.10. The smallest absolute Gasteiger partial charge is 0.338 e. The van der Waals surface area contributed by atoms with Crippen LogP contribution in [0, 0.1) is 5.82 Å². The summed E-state index contributed by atoms with van der Waals surface area (Å²) in [6.45, 7) is -0.0328. The lowest BCUT2D eigenvalue weighted by atomic mass is 10.1. The van der Waals surface area contributed by atoms with E-state index < -0.39 is 24.3 Å². The first-order valence-corrected chi connectivity index (χ1v) is 7.93. The topological polar surface area (TPSA) is 73.9 Å². The van der Waals surface area contributed by atoms with Crippen LogP contribution < -0.4 is 14.8 Å². The number of nitrogens with one attached hydrogen (secondary N) is 1. The predicted octanol–water partition coefficient (Wildman–Crippen LogP) is 2.36. The SMILES string of the molecule is COc1ccc(CCNC(=O)COC(=O)c2ccc(OC)c(F)c2)cc1. The van der Waals surface area contributed by atoms with Crippen LogP contribution in [0.3, 0.4) is 0 Å². The molecule has 1 amide bonds. The lowest BCUT2D eigenvalue weighted by molar-refractivity contribution is -0.124. The van der Waals surface area contributed by atoms with Gasteiger partial charge < -0.3 is 19.5 Å². The Kier molecular flexibility index (Phi) is 6.96. The Morgan fingerprint density at radius 1 is 1.04 bits per heavy atom. The van der Waals surface area contributed by atoms with Crippen LogP contribution in [0.4, 0.5) is 4.39 Å². The molecule has 2 aromatic carbocycles. The number of esters is 1. The van der Waals surface area contributed by atoms with Crippen molar-refractivity contribution in [2.45, 2.75) is 6.42 Å². The van der Waals surface area contributed by atoms with E-state index in [0.29, 0.717) is 13.0 Å². The number of ether oxygens (including phenoxy) is 3. The molecule has 0 heterocycles. The van der Waals surface area contributed by atoms with Gasteiger partial charge in [-0.3, -0.25) is 4.79 Å². The molecular formula is C19H20FNO5. The van der Waals surface area contributed by atoms with Crippen LogP contribution in [-0.4, -0.2) is 39.2 Å². The number of benzene rings is 2. The van der Waals surface area contributed by atoms with Crippen molar-refractivity contribution in [3.05, 3.63) is 59.4 Å². The number of methoxy groups -OCH3 is 2. The third-order valence-electron chi connectivity index (χ3n) is 3.62. The van der Waals surface area contributed by atoms with Crippen molar-refractivity contribution in [1.82, 2.24) is 5.32 Å². The Morgan fingerprint density at radius 2 is 1.77 bits per heavy atom. The van der Waals surface area contributed by atoms with E-state index in [1.165, 1.54) is 19.2 Å². The van der Waals surface area contributed by atoms with Crippen molar-refractivity contribution in [3.63, 3.8) is 0 Å². The summed E-state index contributed by atoms with van der Waals surface area (Å²) in [7, 11) is 2.92. The van der Waals surface area contributed by atoms with E-state index in [1.807, 2.05) is 24.3 Å². The fourth-order valence-corrected chi connectivity index (χ4v) is 2.20. The number of carbonyl (C=O) groups excluding carboxylic acids is 2. The van der Waals surface area contributed by atoms with Gasteiger partial charge in [-0.05, 0) is 42.3 Å². The van der Waals surface area contributed by atoms with Crippen molar-refractivity contribution in [2.75, 3.05) is 27.4 Å². The van der Waals surface area contributed by atoms with Crippen LogP contribution in [0.2, 0.25) is 0 Å². The second-order valence-corrected chi connectivity index (χ2v) is 5.37. The molecule has 0 radical (unpaired) electrons. The molecule has 6 nitrogen and oxygen atoms in total. The maximum absolute atomic E-state index is 13.6. The first-order chi connectivity index (χ1) is 12.5. The van der Waals surface area contributed by atoms with Crippen molar-refractivity contribution in [2.24, 2.45) is 0 Å². The van der Waals surface area contributed by atoms with E-state index in [4.69, 9.17) is 14.2 Å². The summed E-state index contributed by atoms with van der Waals surface area (Å²) in [5, 5.41) is 2.65. The second kappa shape index (κ2) is 9.41. The molecule has 0 aliphatic heterocycles. The third-order valence-corrected chi connectivity index (χ3v) is 3.62. The molecule has 0 unspecified atom stereocenters. The van der Waals surface area contributed by atoms with Gasteiger partial charge in [-0.25, -0.2) is 9.18 Å². The first kappa shape index (κ1) is 19.2. The Hall–Kier alpha value is -3.09. The molecule has 0 spiro atoms. The summed E-state index contributed by atoms with van der Waals surface area (Å²) in [5.41, 5.74) is 1.05. The highest BCUT2D eigenvalue weighted by Gasteiger charge is 2.13. The number of halogens is 1.